The summed E-state index contributed by atoms with van der Waals surface area (Å²) >= 11 is 0. The minimum Gasteiger partial charge on any atom is -0.339 e. The SMILES string of the molecule is CC1CN(c2ncc(C=O)cn2)CC1N(C)C. The summed E-state index contributed by atoms with van der Waals surface area (Å²) < 4.78 is 0. The van der Waals surface area contributed by atoms with Gasteiger partial charge in [-0.2, -0.15) is 0 Å². The summed E-state index contributed by atoms with van der Waals surface area (Å²) in [5.74, 6) is 1.31. The van der Waals surface area contributed by atoms with Crippen LogP contribution in [0.15, 0.2) is 12.4 Å². The highest BCUT2D eigenvalue weighted by Crippen LogP contribution is 2.23. The van der Waals surface area contributed by atoms with Gasteiger partial charge in [-0.3, -0.25) is 4.79 Å². The van der Waals surface area contributed by atoms with Gasteiger partial charge in [0.1, 0.15) is 0 Å². The maximum absolute atomic E-state index is 10.5. The average Bonchev–Trinajstić information content (AvgIpc) is 2.71. The molecular weight excluding hydrogens is 216 g/mol. The molecule has 92 valence electrons. The van der Waals surface area contributed by atoms with Gasteiger partial charge in [0, 0.05) is 31.5 Å². The van der Waals surface area contributed by atoms with Crippen molar-refractivity contribution < 1.29 is 4.79 Å². The second-order valence-electron chi connectivity index (χ2n) is 4.85. The van der Waals surface area contributed by atoms with E-state index in [4.69, 9.17) is 0 Å². The minimum absolute atomic E-state index is 0.519. The van der Waals surface area contributed by atoms with Crippen LogP contribution >= 0.6 is 0 Å². The molecule has 1 aromatic rings. The van der Waals surface area contributed by atoms with E-state index in [1.807, 2.05) is 0 Å². The third-order valence-corrected chi connectivity index (χ3v) is 3.31. The van der Waals surface area contributed by atoms with Crippen molar-refractivity contribution in [3.8, 4) is 0 Å². The summed E-state index contributed by atoms with van der Waals surface area (Å²) in [4.78, 5) is 23.4. The summed E-state index contributed by atoms with van der Waals surface area (Å²) in [5, 5.41) is 0. The lowest BCUT2D eigenvalue weighted by Crippen LogP contribution is -2.34. The van der Waals surface area contributed by atoms with Crippen LogP contribution in [0.25, 0.3) is 0 Å². The van der Waals surface area contributed by atoms with E-state index in [0.717, 1.165) is 19.4 Å². The van der Waals surface area contributed by atoms with Crippen LogP contribution in [0, 0.1) is 5.92 Å². The van der Waals surface area contributed by atoms with Crippen LogP contribution in [0.1, 0.15) is 17.3 Å². The number of rotatable bonds is 3. The van der Waals surface area contributed by atoms with Crippen LogP contribution in [0.4, 0.5) is 5.95 Å². The van der Waals surface area contributed by atoms with Gasteiger partial charge in [-0.05, 0) is 20.0 Å². The first-order valence-electron chi connectivity index (χ1n) is 5.80. The smallest absolute Gasteiger partial charge is 0.225 e. The molecule has 5 heteroatoms. The first-order valence-corrected chi connectivity index (χ1v) is 5.80. The van der Waals surface area contributed by atoms with Gasteiger partial charge in [0.15, 0.2) is 6.29 Å². The van der Waals surface area contributed by atoms with E-state index in [9.17, 15) is 4.79 Å². The lowest BCUT2D eigenvalue weighted by Gasteiger charge is -2.22. The molecule has 1 aliphatic rings. The molecule has 1 aliphatic heterocycles. The largest absolute Gasteiger partial charge is 0.339 e. The highest BCUT2D eigenvalue weighted by Gasteiger charge is 2.32. The van der Waals surface area contributed by atoms with Crippen molar-refractivity contribution in [2.24, 2.45) is 5.92 Å². The van der Waals surface area contributed by atoms with Crippen LogP contribution in [-0.4, -0.2) is 54.4 Å². The zero-order valence-electron chi connectivity index (χ0n) is 10.5. The topological polar surface area (TPSA) is 49.3 Å². The Bertz CT molecular complexity index is 390. The van der Waals surface area contributed by atoms with E-state index in [1.165, 1.54) is 0 Å². The number of aromatic nitrogens is 2. The molecule has 2 rings (SSSR count). The summed E-state index contributed by atoms with van der Waals surface area (Å²) in [7, 11) is 4.20. The van der Waals surface area contributed by atoms with Gasteiger partial charge in [0.25, 0.3) is 0 Å². The fourth-order valence-corrected chi connectivity index (χ4v) is 2.34. The highest BCUT2D eigenvalue weighted by atomic mass is 16.1. The van der Waals surface area contributed by atoms with Crippen molar-refractivity contribution in [2.45, 2.75) is 13.0 Å². The number of nitrogens with zero attached hydrogens (tertiary/aromatic N) is 4. The maximum atomic E-state index is 10.5. The van der Waals surface area contributed by atoms with Crippen molar-refractivity contribution in [1.82, 2.24) is 14.9 Å². The number of carbonyl (C=O) groups is 1. The predicted octanol–water partition coefficient (Wildman–Crippen LogP) is 0.675. The van der Waals surface area contributed by atoms with E-state index in [0.29, 0.717) is 23.5 Å². The van der Waals surface area contributed by atoms with E-state index < -0.39 is 0 Å². The molecule has 0 N–H and O–H groups in total. The van der Waals surface area contributed by atoms with Crippen LogP contribution in [0.5, 0.6) is 0 Å². The molecule has 1 aromatic heterocycles. The van der Waals surface area contributed by atoms with Gasteiger partial charge in [0.05, 0.1) is 5.56 Å². The molecule has 0 aliphatic carbocycles. The van der Waals surface area contributed by atoms with Crippen molar-refractivity contribution in [3.63, 3.8) is 0 Å². The standard InChI is InChI=1S/C12H18N4O/c1-9-6-16(7-11(9)15(2)3)12-13-4-10(8-17)5-14-12/h4-5,8-9,11H,6-7H2,1-3H3. The molecule has 0 aromatic carbocycles. The van der Waals surface area contributed by atoms with E-state index in [2.05, 4.69) is 40.8 Å². The Labute approximate surface area is 101 Å². The van der Waals surface area contributed by atoms with Gasteiger partial charge < -0.3 is 9.80 Å². The lowest BCUT2D eigenvalue weighted by atomic mass is 10.1. The molecule has 2 atom stereocenters. The summed E-state index contributed by atoms with van der Waals surface area (Å²) in [6, 6.07) is 0.532. The molecule has 0 amide bonds. The van der Waals surface area contributed by atoms with Crippen LogP contribution in [0.3, 0.4) is 0 Å². The summed E-state index contributed by atoms with van der Waals surface area (Å²) in [5.41, 5.74) is 0.519. The Morgan fingerprint density at radius 1 is 1.35 bits per heavy atom. The van der Waals surface area contributed by atoms with Crippen molar-refractivity contribution in [1.29, 1.82) is 0 Å². The second kappa shape index (κ2) is 4.79. The first-order chi connectivity index (χ1) is 8.11. The zero-order chi connectivity index (χ0) is 12.4. The normalized spacial score (nSPS) is 24.4. The first kappa shape index (κ1) is 12.0. The molecule has 17 heavy (non-hydrogen) atoms. The van der Waals surface area contributed by atoms with Gasteiger partial charge in [0.2, 0.25) is 5.95 Å². The van der Waals surface area contributed by atoms with Gasteiger partial charge in [-0.1, -0.05) is 6.92 Å². The maximum Gasteiger partial charge on any atom is 0.225 e. The molecule has 5 nitrogen and oxygen atoms in total. The van der Waals surface area contributed by atoms with Gasteiger partial charge >= 0.3 is 0 Å². The lowest BCUT2D eigenvalue weighted by molar-refractivity contribution is 0.112. The van der Waals surface area contributed by atoms with E-state index in [-0.39, 0.29) is 0 Å². The number of aldehydes is 1. The van der Waals surface area contributed by atoms with Crippen LogP contribution < -0.4 is 4.90 Å². The molecule has 0 bridgehead atoms. The number of anilines is 1. The Balaban J connectivity index is 2.11. The van der Waals surface area contributed by atoms with E-state index >= 15 is 0 Å². The third kappa shape index (κ3) is 2.44. The van der Waals surface area contributed by atoms with Crippen molar-refractivity contribution in [3.05, 3.63) is 18.0 Å². The number of carbonyl (C=O) groups excluding carboxylic acids is 1. The minimum atomic E-state index is 0.519. The van der Waals surface area contributed by atoms with E-state index in [1.54, 1.807) is 12.4 Å². The molecule has 0 radical (unpaired) electrons. The zero-order valence-corrected chi connectivity index (χ0v) is 10.5. The molecule has 2 unspecified atom stereocenters. The molecule has 0 spiro atoms. The molecular formula is C12H18N4O. The molecule has 1 saturated heterocycles. The summed E-state index contributed by atoms with van der Waals surface area (Å²) in [6.07, 6.45) is 3.91. The van der Waals surface area contributed by atoms with Crippen LogP contribution in [-0.2, 0) is 0 Å². The van der Waals surface area contributed by atoms with Gasteiger partial charge in [-0.15, -0.1) is 0 Å². The van der Waals surface area contributed by atoms with Crippen molar-refractivity contribution in [2.75, 3.05) is 32.1 Å². The Hall–Kier alpha value is -1.49. The van der Waals surface area contributed by atoms with Gasteiger partial charge in [-0.25, -0.2) is 9.97 Å². The number of hydrogen-bond acceptors (Lipinski definition) is 5. The predicted molar refractivity (Wildman–Crippen MR) is 66.3 cm³/mol. The average molecular weight is 234 g/mol. The fourth-order valence-electron chi connectivity index (χ4n) is 2.34. The fraction of sp³-hybridized carbons (Fsp3) is 0.583. The monoisotopic (exact) mass is 234 g/mol. The molecule has 1 fully saturated rings. The van der Waals surface area contributed by atoms with Crippen molar-refractivity contribution >= 4 is 12.2 Å². The van der Waals surface area contributed by atoms with Crippen LogP contribution in [0.2, 0.25) is 0 Å². The Morgan fingerprint density at radius 2 is 2.00 bits per heavy atom. The quantitative estimate of drug-likeness (QED) is 0.720. The Morgan fingerprint density at radius 3 is 2.47 bits per heavy atom. The number of hydrogen-bond donors (Lipinski definition) is 0. The number of likely N-dealkylation sites (N-methyl/N-ethyl adjacent to an activating group) is 1. The highest BCUT2D eigenvalue weighted by molar-refractivity contribution is 5.73. The molecule has 2 heterocycles. The second-order valence-corrected chi connectivity index (χ2v) is 4.85. The molecule has 0 saturated carbocycles. The summed E-state index contributed by atoms with van der Waals surface area (Å²) in [6.45, 7) is 4.14. The third-order valence-electron chi connectivity index (χ3n) is 3.31. The Kier molecular flexibility index (Phi) is 3.38.